The fourth-order valence-corrected chi connectivity index (χ4v) is 3.08. The number of carbonyl (C=O) groups excluding carboxylic acids is 1. The van der Waals surface area contributed by atoms with Crippen molar-refractivity contribution in [2.24, 2.45) is 0 Å². The zero-order valence-corrected chi connectivity index (χ0v) is 14.8. The minimum atomic E-state index is -0.369. The Kier molecular flexibility index (Phi) is 5.46. The number of hydrogen-bond acceptors (Lipinski definition) is 3. The first kappa shape index (κ1) is 17.2. The van der Waals surface area contributed by atoms with E-state index >= 15 is 0 Å². The average molecular weight is 352 g/mol. The van der Waals surface area contributed by atoms with Gasteiger partial charge in [0.25, 0.3) is 0 Å². The molecule has 0 saturated heterocycles. The maximum atomic E-state index is 12.5. The molecule has 0 bridgehead atoms. The zero-order chi connectivity index (χ0) is 17.6. The lowest BCUT2D eigenvalue weighted by atomic mass is 9.98. The van der Waals surface area contributed by atoms with Gasteiger partial charge in [-0.1, -0.05) is 67.6 Å². The fourth-order valence-electron chi connectivity index (χ4n) is 2.82. The highest BCUT2D eigenvalue weighted by Crippen LogP contribution is 2.28. The Labute approximate surface area is 152 Å². The van der Waals surface area contributed by atoms with Gasteiger partial charge in [0.2, 0.25) is 0 Å². The summed E-state index contributed by atoms with van der Waals surface area (Å²) in [6.45, 7) is 2.35. The summed E-state index contributed by atoms with van der Waals surface area (Å²) in [5.74, 6) is -0.369. The number of nitrogens with zero attached hydrogens (tertiary/aromatic N) is 1. The summed E-state index contributed by atoms with van der Waals surface area (Å²) in [6.07, 6.45) is 2.40. The number of nitrogens with one attached hydrogen (secondary N) is 1. The summed E-state index contributed by atoms with van der Waals surface area (Å²) < 4.78 is 7.65. The third-order valence-electron chi connectivity index (χ3n) is 3.95. The standard InChI is InChI=1S/C20H20N2O2S/c1-2-13-24-19(23)17-14-21-20(25)22(17)18(15-9-5-3-6-10-15)16-11-7-4-8-12-16/h3-12,14,18H,2,13H2,1H3,(H,21,25). The Hall–Kier alpha value is -2.66. The number of hydrogen-bond donors (Lipinski definition) is 1. The molecule has 0 aliphatic carbocycles. The summed E-state index contributed by atoms with van der Waals surface area (Å²) >= 11 is 5.48. The summed E-state index contributed by atoms with van der Waals surface area (Å²) in [6, 6.07) is 19.8. The van der Waals surface area contributed by atoms with E-state index in [4.69, 9.17) is 17.0 Å². The number of carbonyl (C=O) groups is 1. The predicted molar refractivity (Wildman–Crippen MR) is 100 cm³/mol. The van der Waals surface area contributed by atoms with Gasteiger partial charge in [0.1, 0.15) is 5.69 Å². The number of H-pyrrole nitrogens is 1. The molecule has 5 heteroatoms. The molecule has 0 fully saturated rings. The number of aromatic amines is 1. The topological polar surface area (TPSA) is 47.0 Å². The van der Waals surface area contributed by atoms with Gasteiger partial charge in [-0.25, -0.2) is 4.79 Å². The second-order valence-electron chi connectivity index (χ2n) is 5.71. The molecule has 1 heterocycles. The lowest BCUT2D eigenvalue weighted by Crippen LogP contribution is -2.19. The van der Waals surface area contributed by atoms with Crippen molar-refractivity contribution in [1.82, 2.24) is 9.55 Å². The van der Waals surface area contributed by atoms with E-state index in [2.05, 4.69) is 4.98 Å². The Morgan fingerprint density at radius 2 is 1.64 bits per heavy atom. The van der Waals surface area contributed by atoms with Crippen LogP contribution in [0.2, 0.25) is 0 Å². The van der Waals surface area contributed by atoms with Crippen LogP contribution < -0.4 is 0 Å². The summed E-state index contributed by atoms with van der Waals surface area (Å²) in [7, 11) is 0. The van der Waals surface area contributed by atoms with Gasteiger partial charge in [-0.05, 0) is 29.8 Å². The van der Waals surface area contributed by atoms with Crippen LogP contribution >= 0.6 is 12.2 Å². The molecular formula is C20H20N2O2S. The van der Waals surface area contributed by atoms with Crippen molar-refractivity contribution in [2.75, 3.05) is 6.61 Å². The van der Waals surface area contributed by atoms with E-state index in [0.717, 1.165) is 17.5 Å². The molecule has 0 aliphatic rings. The van der Waals surface area contributed by atoms with Gasteiger partial charge in [0.15, 0.2) is 4.77 Å². The van der Waals surface area contributed by atoms with E-state index in [1.807, 2.05) is 72.2 Å². The van der Waals surface area contributed by atoms with Gasteiger partial charge >= 0.3 is 5.97 Å². The van der Waals surface area contributed by atoms with E-state index in [9.17, 15) is 4.79 Å². The molecule has 1 aromatic heterocycles. The van der Waals surface area contributed by atoms with Crippen molar-refractivity contribution in [2.45, 2.75) is 19.4 Å². The molecule has 0 spiro atoms. The molecule has 0 saturated carbocycles. The minimum absolute atomic E-state index is 0.203. The first-order chi connectivity index (χ1) is 12.2. The second-order valence-corrected chi connectivity index (χ2v) is 6.10. The molecule has 4 nitrogen and oxygen atoms in total. The molecule has 0 unspecified atom stereocenters. The summed E-state index contributed by atoms with van der Waals surface area (Å²) in [4.78, 5) is 15.5. The molecule has 0 atom stereocenters. The SMILES string of the molecule is CCCOC(=O)c1c[nH]c(=S)n1C(c1ccccc1)c1ccccc1. The average Bonchev–Trinajstić information content (AvgIpc) is 3.03. The number of esters is 1. The molecule has 3 aromatic rings. The predicted octanol–water partition coefficient (Wildman–Crippen LogP) is 4.75. The van der Waals surface area contributed by atoms with E-state index < -0.39 is 0 Å². The summed E-state index contributed by atoms with van der Waals surface area (Å²) in [5.41, 5.74) is 2.53. The molecule has 0 aliphatic heterocycles. The van der Waals surface area contributed by atoms with Crippen LogP contribution in [0, 0.1) is 4.77 Å². The highest BCUT2D eigenvalue weighted by Gasteiger charge is 2.23. The van der Waals surface area contributed by atoms with Crippen molar-refractivity contribution >= 4 is 18.2 Å². The van der Waals surface area contributed by atoms with Crippen LogP contribution in [-0.2, 0) is 4.74 Å². The smallest absolute Gasteiger partial charge is 0.356 e. The van der Waals surface area contributed by atoms with Gasteiger partial charge in [-0.2, -0.15) is 0 Å². The number of imidazole rings is 1. The van der Waals surface area contributed by atoms with E-state index in [1.54, 1.807) is 6.20 Å². The number of rotatable bonds is 6. The van der Waals surface area contributed by atoms with Crippen molar-refractivity contribution in [1.29, 1.82) is 0 Å². The van der Waals surface area contributed by atoms with Crippen LogP contribution in [-0.4, -0.2) is 22.1 Å². The van der Waals surface area contributed by atoms with Crippen molar-refractivity contribution in [3.63, 3.8) is 0 Å². The first-order valence-corrected chi connectivity index (χ1v) is 8.70. The Balaban J connectivity index is 2.14. The molecule has 0 radical (unpaired) electrons. The molecule has 0 amide bonds. The lowest BCUT2D eigenvalue weighted by molar-refractivity contribution is 0.0491. The molecule has 3 rings (SSSR count). The second kappa shape index (κ2) is 7.94. The lowest BCUT2D eigenvalue weighted by Gasteiger charge is -2.22. The van der Waals surface area contributed by atoms with Crippen LogP contribution in [0.25, 0.3) is 0 Å². The van der Waals surface area contributed by atoms with Crippen LogP contribution in [0.15, 0.2) is 66.9 Å². The monoisotopic (exact) mass is 352 g/mol. The van der Waals surface area contributed by atoms with Crippen molar-refractivity contribution in [3.8, 4) is 0 Å². The zero-order valence-electron chi connectivity index (χ0n) is 14.0. The Bertz CT molecular complexity index is 845. The maximum absolute atomic E-state index is 12.5. The Morgan fingerprint density at radius 1 is 1.08 bits per heavy atom. The number of benzene rings is 2. The third-order valence-corrected chi connectivity index (χ3v) is 4.26. The van der Waals surface area contributed by atoms with E-state index in [0.29, 0.717) is 17.1 Å². The number of aromatic nitrogens is 2. The van der Waals surface area contributed by atoms with Gasteiger partial charge in [0, 0.05) is 6.20 Å². The van der Waals surface area contributed by atoms with Crippen LogP contribution in [0.4, 0.5) is 0 Å². The number of ether oxygens (including phenoxy) is 1. The highest BCUT2D eigenvalue weighted by molar-refractivity contribution is 7.71. The molecule has 128 valence electrons. The fraction of sp³-hybridized carbons (Fsp3) is 0.200. The van der Waals surface area contributed by atoms with E-state index in [1.165, 1.54) is 0 Å². The van der Waals surface area contributed by atoms with Gasteiger partial charge in [-0.3, -0.25) is 4.57 Å². The van der Waals surface area contributed by atoms with Crippen LogP contribution in [0.5, 0.6) is 0 Å². The molecule has 1 N–H and O–H groups in total. The molecular weight excluding hydrogens is 332 g/mol. The highest BCUT2D eigenvalue weighted by atomic mass is 32.1. The first-order valence-electron chi connectivity index (χ1n) is 8.29. The van der Waals surface area contributed by atoms with Gasteiger partial charge in [-0.15, -0.1) is 0 Å². The summed E-state index contributed by atoms with van der Waals surface area (Å²) in [5, 5.41) is 0. The van der Waals surface area contributed by atoms with E-state index in [-0.39, 0.29) is 12.0 Å². The molecule has 2 aromatic carbocycles. The van der Waals surface area contributed by atoms with Gasteiger partial charge < -0.3 is 9.72 Å². The quantitative estimate of drug-likeness (QED) is 0.514. The normalized spacial score (nSPS) is 10.8. The Morgan fingerprint density at radius 3 is 2.16 bits per heavy atom. The largest absolute Gasteiger partial charge is 0.461 e. The molecule has 25 heavy (non-hydrogen) atoms. The van der Waals surface area contributed by atoms with Gasteiger partial charge in [0.05, 0.1) is 12.6 Å². The maximum Gasteiger partial charge on any atom is 0.356 e. The minimum Gasteiger partial charge on any atom is -0.461 e. The van der Waals surface area contributed by atoms with Crippen LogP contribution in [0.3, 0.4) is 0 Å². The third kappa shape index (κ3) is 3.72. The van der Waals surface area contributed by atoms with Crippen molar-refractivity contribution < 1.29 is 9.53 Å². The van der Waals surface area contributed by atoms with Crippen LogP contribution in [0.1, 0.15) is 41.0 Å². The van der Waals surface area contributed by atoms with Crippen molar-refractivity contribution in [3.05, 3.63) is 88.5 Å².